The number of ether oxygens (including phenoxy) is 1. The molecule has 0 aliphatic carbocycles. The van der Waals surface area contributed by atoms with Gasteiger partial charge in [-0.3, -0.25) is 0 Å². The van der Waals surface area contributed by atoms with Crippen molar-refractivity contribution in [3.05, 3.63) is 48.0 Å². The zero-order valence-corrected chi connectivity index (χ0v) is 11.5. The molecule has 0 aliphatic rings. The maximum Gasteiger partial charge on any atom is 0.337 e. The van der Waals surface area contributed by atoms with Crippen LogP contribution in [0, 0.1) is 0 Å². The number of fused-ring (bicyclic) bond motifs is 1. The Morgan fingerprint density at radius 1 is 1.10 bits per heavy atom. The number of aliphatic hydroxyl groups excluding tert-OH is 1. The first-order valence-electron chi connectivity index (χ1n) is 6.54. The fourth-order valence-corrected chi connectivity index (χ4v) is 1.98. The zero-order chi connectivity index (χ0) is 14.7. The topological polar surface area (TPSA) is 66.8 Å². The summed E-state index contributed by atoms with van der Waals surface area (Å²) >= 11 is 0. The molecule has 0 saturated carbocycles. The Bertz CT molecular complexity index is 606. The molecule has 2 N–H and O–H groups in total. The van der Waals surface area contributed by atoms with Gasteiger partial charge in [0.05, 0.1) is 12.2 Å². The van der Waals surface area contributed by atoms with E-state index >= 15 is 0 Å². The minimum atomic E-state index is -1.08. The van der Waals surface area contributed by atoms with Crippen molar-refractivity contribution in [3.8, 4) is 0 Å². The Labute approximate surface area is 117 Å². The molecule has 0 fully saturated rings. The molecule has 0 radical (unpaired) electrons. The number of hydrogen-bond donors (Lipinski definition) is 2. The van der Waals surface area contributed by atoms with E-state index in [0.717, 1.165) is 10.8 Å². The van der Waals surface area contributed by atoms with Crippen molar-refractivity contribution in [2.45, 2.75) is 32.2 Å². The van der Waals surface area contributed by atoms with Gasteiger partial charge in [-0.05, 0) is 36.2 Å². The highest BCUT2D eigenvalue weighted by molar-refractivity contribution is 5.85. The summed E-state index contributed by atoms with van der Waals surface area (Å²) in [6, 6.07) is 13.2. The molecule has 20 heavy (non-hydrogen) atoms. The Morgan fingerprint density at radius 3 is 2.35 bits per heavy atom. The van der Waals surface area contributed by atoms with Gasteiger partial charge < -0.3 is 14.9 Å². The van der Waals surface area contributed by atoms with Crippen LogP contribution in [0.15, 0.2) is 42.5 Å². The van der Waals surface area contributed by atoms with E-state index in [0.29, 0.717) is 5.56 Å². The standard InChI is InChI=1S/C16H18O4/c1-10(17)11(2)20-15(16(18)19)14-8-7-12-5-3-4-6-13(12)9-14/h3-11,15,17H,1-2H3,(H,18,19). The van der Waals surface area contributed by atoms with Crippen LogP contribution in [0.1, 0.15) is 25.5 Å². The van der Waals surface area contributed by atoms with E-state index in [2.05, 4.69) is 0 Å². The van der Waals surface area contributed by atoms with Crippen LogP contribution < -0.4 is 0 Å². The second-order valence-electron chi connectivity index (χ2n) is 4.91. The third-order valence-corrected chi connectivity index (χ3v) is 3.33. The molecule has 3 atom stereocenters. The molecule has 4 nitrogen and oxygen atoms in total. The lowest BCUT2D eigenvalue weighted by molar-refractivity contribution is -0.158. The predicted octanol–water partition coefficient (Wildman–Crippen LogP) is 2.75. The molecule has 0 heterocycles. The zero-order valence-electron chi connectivity index (χ0n) is 11.5. The van der Waals surface area contributed by atoms with Crippen molar-refractivity contribution < 1.29 is 19.7 Å². The normalized spacial score (nSPS) is 15.8. The Kier molecular flexibility index (Phi) is 4.37. The number of aliphatic hydroxyl groups is 1. The second-order valence-corrected chi connectivity index (χ2v) is 4.91. The number of benzene rings is 2. The first-order chi connectivity index (χ1) is 9.49. The van der Waals surface area contributed by atoms with E-state index in [1.807, 2.05) is 36.4 Å². The molecule has 0 amide bonds. The van der Waals surface area contributed by atoms with Crippen LogP contribution >= 0.6 is 0 Å². The van der Waals surface area contributed by atoms with Crippen molar-refractivity contribution in [1.82, 2.24) is 0 Å². The first kappa shape index (κ1) is 14.5. The summed E-state index contributed by atoms with van der Waals surface area (Å²) in [5.74, 6) is -1.06. The molecule has 0 aromatic heterocycles. The maximum atomic E-state index is 11.4. The summed E-state index contributed by atoms with van der Waals surface area (Å²) in [6.45, 7) is 3.23. The van der Waals surface area contributed by atoms with Crippen molar-refractivity contribution >= 4 is 16.7 Å². The van der Waals surface area contributed by atoms with E-state index in [1.54, 1.807) is 19.9 Å². The highest BCUT2D eigenvalue weighted by Gasteiger charge is 2.25. The summed E-state index contributed by atoms with van der Waals surface area (Å²) in [7, 11) is 0. The molecular formula is C16H18O4. The quantitative estimate of drug-likeness (QED) is 0.879. The van der Waals surface area contributed by atoms with Crippen molar-refractivity contribution in [3.63, 3.8) is 0 Å². The summed E-state index contributed by atoms with van der Waals surface area (Å²) < 4.78 is 5.46. The Balaban J connectivity index is 2.34. The van der Waals surface area contributed by atoms with Gasteiger partial charge in [-0.2, -0.15) is 0 Å². The number of carbonyl (C=O) groups is 1. The molecule has 0 bridgehead atoms. The number of rotatable bonds is 5. The highest BCUT2D eigenvalue weighted by atomic mass is 16.5. The van der Waals surface area contributed by atoms with Crippen LogP contribution in [0.4, 0.5) is 0 Å². The highest BCUT2D eigenvalue weighted by Crippen LogP contribution is 2.24. The average molecular weight is 274 g/mol. The second kappa shape index (κ2) is 6.03. The summed E-state index contributed by atoms with van der Waals surface area (Å²) in [5.41, 5.74) is 0.573. The van der Waals surface area contributed by atoms with Crippen molar-refractivity contribution in [2.75, 3.05) is 0 Å². The third-order valence-electron chi connectivity index (χ3n) is 3.33. The van der Waals surface area contributed by atoms with Gasteiger partial charge in [0.1, 0.15) is 0 Å². The number of aliphatic carboxylic acids is 1. The largest absolute Gasteiger partial charge is 0.479 e. The van der Waals surface area contributed by atoms with Crippen LogP contribution in [0.5, 0.6) is 0 Å². The van der Waals surface area contributed by atoms with E-state index < -0.39 is 24.3 Å². The lowest BCUT2D eigenvalue weighted by atomic mass is 10.0. The fraction of sp³-hybridized carbons (Fsp3) is 0.312. The van der Waals surface area contributed by atoms with Gasteiger partial charge in [-0.15, -0.1) is 0 Å². The molecule has 0 aliphatic heterocycles. The fourth-order valence-electron chi connectivity index (χ4n) is 1.98. The molecule has 106 valence electrons. The van der Waals surface area contributed by atoms with Crippen LogP contribution in [0.25, 0.3) is 10.8 Å². The first-order valence-corrected chi connectivity index (χ1v) is 6.54. The lowest BCUT2D eigenvalue weighted by Crippen LogP contribution is -2.28. The molecule has 4 heteroatoms. The van der Waals surface area contributed by atoms with Gasteiger partial charge in [0, 0.05) is 0 Å². The van der Waals surface area contributed by atoms with Crippen molar-refractivity contribution in [1.29, 1.82) is 0 Å². The molecule has 0 saturated heterocycles. The molecular weight excluding hydrogens is 256 g/mol. The number of carboxylic acids is 1. The van der Waals surface area contributed by atoms with Gasteiger partial charge in [-0.25, -0.2) is 4.79 Å². The van der Waals surface area contributed by atoms with Gasteiger partial charge in [0.2, 0.25) is 0 Å². The van der Waals surface area contributed by atoms with Gasteiger partial charge in [0.25, 0.3) is 0 Å². The summed E-state index contributed by atoms with van der Waals surface area (Å²) in [5, 5.41) is 20.8. The smallest absolute Gasteiger partial charge is 0.337 e. The van der Waals surface area contributed by atoms with Crippen LogP contribution in [-0.4, -0.2) is 28.4 Å². The van der Waals surface area contributed by atoms with Crippen LogP contribution in [0.2, 0.25) is 0 Å². The number of carboxylic acid groups (broad SMARTS) is 1. The lowest BCUT2D eigenvalue weighted by Gasteiger charge is -2.21. The van der Waals surface area contributed by atoms with Crippen LogP contribution in [0.3, 0.4) is 0 Å². The average Bonchev–Trinajstić information content (AvgIpc) is 2.43. The van der Waals surface area contributed by atoms with E-state index in [1.165, 1.54) is 0 Å². The SMILES string of the molecule is CC(O)C(C)OC(C(=O)O)c1ccc2ccccc2c1. The van der Waals surface area contributed by atoms with Gasteiger partial charge in [-0.1, -0.05) is 36.4 Å². The Morgan fingerprint density at radius 2 is 1.75 bits per heavy atom. The third kappa shape index (κ3) is 3.15. The molecule has 0 spiro atoms. The number of hydrogen-bond acceptors (Lipinski definition) is 3. The molecule has 3 unspecified atom stereocenters. The van der Waals surface area contributed by atoms with E-state index in [-0.39, 0.29) is 0 Å². The van der Waals surface area contributed by atoms with Crippen LogP contribution in [-0.2, 0) is 9.53 Å². The molecule has 2 rings (SSSR count). The maximum absolute atomic E-state index is 11.4. The van der Waals surface area contributed by atoms with Crippen molar-refractivity contribution in [2.24, 2.45) is 0 Å². The summed E-state index contributed by atoms with van der Waals surface area (Å²) in [6.07, 6.45) is -2.36. The minimum Gasteiger partial charge on any atom is -0.479 e. The predicted molar refractivity (Wildman–Crippen MR) is 76.6 cm³/mol. The van der Waals surface area contributed by atoms with E-state index in [9.17, 15) is 15.0 Å². The molecule has 2 aromatic carbocycles. The van der Waals surface area contributed by atoms with Gasteiger partial charge in [0.15, 0.2) is 6.10 Å². The summed E-state index contributed by atoms with van der Waals surface area (Å²) in [4.78, 5) is 11.4. The monoisotopic (exact) mass is 274 g/mol. The van der Waals surface area contributed by atoms with Gasteiger partial charge >= 0.3 is 5.97 Å². The Hall–Kier alpha value is -1.91. The minimum absolute atomic E-state index is 0.553. The molecule has 2 aromatic rings. The van der Waals surface area contributed by atoms with E-state index in [4.69, 9.17) is 4.74 Å².